The predicted molar refractivity (Wildman–Crippen MR) is 85.6 cm³/mol. The Bertz CT molecular complexity index is 425. The van der Waals surface area contributed by atoms with Gasteiger partial charge in [0.2, 0.25) is 0 Å². The third-order valence-corrected chi connectivity index (χ3v) is 4.85. The molecule has 2 nitrogen and oxygen atoms in total. The first-order valence-corrected chi connectivity index (χ1v) is 8.19. The molecule has 1 aliphatic heterocycles. The molecule has 0 radical (unpaired) electrons. The van der Waals surface area contributed by atoms with Gasteiger partial charge < -0.3 is 10.6 Å². The molecule has 2 atom stereocenters. The molecule has 0 spiro atoms. The van der Waals surface area contributed by atoms with E-state index in [-0.39, 0.29) is 6.04 Å². The van der Waals surface area contributed by atoms with Crippen molar-refractivity contribution in [2.24, 2.45) is 5.73 Å². The SMILES string of the molecule is CC1CCCCN1CCC(N)c1ccc(Br)cc1Cl. The summed E-state index contributed by atoms with van der Waals surface area (Å²) in [6, 6.07) is 6.66. The van der Waals surface area contributed by atoms with Gasteiger partial charge in [-0.15, -0.1) is 0 Å². The van der Waals surface area contributed by atoms with E-state index >= 15 is 0 Å². The molecular formula is C15H22BrClN2. The van der Waals surface area contributed by atoms with Crippen molar-refractivity contribution in [2.45, 2.75) is 44.7 Å². The second-order valence-corrected chi connectivity index (χ2v) is 6.76. The van der Waals surface area contributed by atoms with Crippen LogP contribution in [0.15, 0.2) is 22.7 Å². The third kappa shape index (κ3) is 4.19. The molecule has 4 heteroatoms. The molecule has 1 aliphatic rings. The standard InChI is InChI=1S/C15H22BrClN2/c1-11-4-2-3-8-19(11)9-7-15(18)13-6-5-12(16)10-14(13)17/h5-6,10-11,15H,2-4,7-9,18H2,1H3. The molecule has 19 heavy (non-hydrogen) atoms. The van der Waals surface area contributed by atoms with Gasteiger partial charge in [0, 0.05) is 28.1 Å². The molecule has 0 saturated carbocycles. The quantitative estimate of drug-likeness (QED) is 0.878. The number of hydrogen-bond acceptors (Lipinski definition) is 2. The molecule has 1 aromatic carbocycles. The van der Waals surface area contributed by atoms with Crippen LogP contribution in [0.3, 0.4) is 0 Å². The van der Waals surface area contributed by atoms with Crippen LogP contribution >= 0.6 is 27.5 Å². The van der Waals surface area contributed by atoms with E-state index in [0.717, 1.165) is 28.0 Å². The Kier molecular flexibility index (Phi) is 5.70. The van der Waals surface area contributed by atoms with Gasteiger partial charge in [-0.1, -0.05) is 40.0 Å². The highest BCUT2D eigenvalue weighted by atomic mass is 79.9. The van der Waals surface area contributed by atoms with Gasteiger partial charge in [-0.3, -0.25) is 0 Å². The van der Waals surface area contributed by atoms with E-state index in [1.807, 2.05) is 18.2 Å². The Hall–Kier alpha value is -0.0900. The zero-order valence-corrected chi connectivity index (χ0v) is 13.8. The number of piperidine rings is 1. The van der Waals surface area contributed by atoms with Gasteiger partial charge in [0.05, 0.1) is 0 Å². The Morgan fingerprint density at radius 1 is 1.47 bits per heavy atom. The van der Waals surface area contributed by atoms with Crippen molar-refractivity contribution >= 4 is 27.5 Å². The first-order valence-electron chi connectivity index (χ1n) is 7.02. The molecule has 0 aromatic heterocycles. The minimum Gasteiger partial charge on any atom is -0.324 e. The monoisotopic (exact) mass is 344 g/mol. The van der Waals surface area contributed by atoms with Crippen LogP contribution in [0.25, 0.3) is 0 Å². The number of rotatable bonds is 4. The van der Waals surface area contributed by atoms with E-state index in [9.17, 15) is 0 Å². The Morgan fingerprint density at radius 3 is 2.95 bits per heavy atom. The fourth-order valence-corrected chi connectivity index (χ4v) is 3.57. The van der Waals surface area contributed by atoms with E-state index in [1.165, 1.54) is 25.8 Å². The molecule has 2 rings (SSSR count). The molecular weight excluding hydrogens is 324 g/mol. The highest BCUT2D eigenvalue weighted by molar-refractivity contribution is 9.10. The van der Waals surface area contributed by atoms with Crippen molar-refractivity contribution < 1.29 is 0 Å². The number of nitrogens with zero attached hydrogens (tertiary/aromatic N) is 1. The summed E-state index contributed by atoms with van der Waals surface area (Å²) < 4.78 is 0.998. The van der Waals surface area contributed by atoms with Crippen molar-refractivity contribution in [3.8, 4) is 0 Å². The van der Waals surface area contributed by atoms with Crippen molar-refractivity contribution in [3.05, 3.63) is 33.3 Å². The minimum absolute atomic E-state index is 0.0229. The summed E-state index contributed by atoms with van der Waals surface area (Å²) in [5.41, 5.74) is 7.33. The van der Waals surface area contributed by atoms with Gasteiger partial charge >= 0.3 is 0 Å². The molecule has 0 amide bonds. The lowest BCUT2D eigenvalue weighted by Crippen LogP contribution is -2.39. The van der Waals surface area contributed by atoms with Crippen LogP contribution in [0.5, 0.6) is 0 Å². The average molecular weight is 346 g/mol. The molecule has 0 bridgehead atoms. The van der Waals surface area contributed by atoms with Crippen molar-refractivity contribution in [1.82, 2.24) is 4.90 Å². The van der Waals surface area contributed by atoms with Crippen LogP contribution in [0.4, 0.5) is 0 Å². The maximum atomic E-state index is 6.28. The highest BCUT2D eigenvalue weighted by Gasteiger charge is 2.19. The molecule has 0 aliphatic carbocycles. The van der Waals surface area contributed by atoms with E-state index < -0.39 is 0 Å². The second-order valence-electron chi connectivity index (χ2n) is 5.44. The summed E-state index contributed by atoms with van der Waals surface area (Å²) in [6.07, 6.45) is 4.96. The molecule has 106 valence electrons. The van der Waals surface area contributed by atoms with Crippen LogP contribution in [-0.2, 0) is 0 Å². The zero-order valence-electron chi connectivity index (χ0n) is 11.4. The highest BCUT2D eigenvalue weighted by Crippen LogP contribution is 2.27. The van der Waals surface area contributed by atoms with E-state index in [1.54, 1.807) is 0 Å². The lowest BCUT2D eigenvalue weighted by atomic mass is 10.0. The lowest BCUT2D eigenvalue weighted by Gasteiger charge is -2.34. The maximum Gasteiger partial charge on any atom is 0.0464 e. The van der Waals surface area contributed by atoms with Crippen molar-refractivity contribution in [1.29, 1.82) is 0 Å². The molecule has 1 aromatic rings. The van der Waals surface area contributed by atoms with Gasteiger partial charge in [-0.2, -0.15) is 0 Å². The van der Waals surface area contributed by atoms with Crippen LogP contribution in [-0.4, -0.2) is 24.0 Å². The van der Waals surface area contributed by atoms with Gasteiger partial charge in [0.1, 0.15) is 0 Å². The molecule has 1 fully saturated rings. The van der Waals surface area contributed by atoms with Crippen LogP contribution in [0.1, 0.15) is 44.2 Å². The maximum absolute atomic E-state index is 6.28. The topological polar surface area (TPSA) is 29.3 Å². The predicted octanol–water partition coefficient (Wildman–Crippen LogP) is 4.37. The van der Waals surface area contributed by atoms with Gasteiger partial charge in [0.25, 0.3) is 0 Å². The summed E-state index contributed by atoms with van der Waals surface area (Å²) in [6.45, 7) is 4.59. The zero-order chi connectivity index (χ0) is 13.8. The Labute approximate surface area is 129 Å². The number of halogens is 2. The average Bonchev–Trinajstić information content (AvgIpc) is 2.37. The van der Waals surface area contributed by atoms with E-state index in [0.29, 0.717) is 6.04 Å². The fourth-order valence-electron chi connectivity index (χ4n) is 2.75. The number of likely N-dealkylation sites (tertiary alicyclic amines) is 1. The second kappa shape index (κ2) is 7.07. The largest absolute Gasteiger partial charge is 0.324 e. The Morgan fingerprint density at radius 2 is 2.26 bits per heavy atom. The summed E-state index contributed by atoms with van der Waals surface area (Å²) >= 11 is 9.67. The van der Waals surface area contributed by atoms with Crippen LogP contribution < -0.4 is 5.73 Å². The first kappa shape index (κ1) is 15.3. The number of hydrogen-bond donors (Lipinski definition) is 1. The Balaban J connectivity index is 1.91. The molecule has 2 N–H and O–H groups in total. The molecule has 1 saturated heterocycles. The number of nitrogens with two attached hydrogens (primary N) is 1. The lowest BCUT2D eigenvalue weighted by molar-refractivity contribution is 0.155. The molecule has 1 heterocycles. The van der Waals surface area contributed by atoms with Crippen molar-refractivity contribution in [2.75, 3.05) is 13.1 Å². The van der Waals surface area contributed by atoms with Gasteiger partial charge in [-0.25, -0.2) is 0 Å². The van der Waals surface area contributed by atoms with Crippen LogP contribution in [0, 0.1) is 0 Å². The van der Waals surface area contributed by atoms with Crippen molar-refractivity contribution in [3.63, 3.8) is 0 Å². The van der Waals surface area contributed by atoms with E-state index in [2.05, 4.69) is 27.8 Å². The van der Waals surface area contributed by atoms with Gasteiger partial charge in [-0.05, 0) is 50.4 Å². The summed E-state index contributed by atoms with van der Waals surface area (Å²) in [5, 5.41) is 0.758. The normalized spacial score (nSPS) is 22.4. The fraction of sp³-hybridized carbons (Fsp3) is 0.600. The summed E-state index contributed by atoms with van der Waals surface area (Å²) in [7, 11) is 0. The van der Waals surface area contributed by atoms with Gasteiger partial charge in [0.15, 0.2) is 0 Å². The minimum atomic E-state index is 0.0229. The third-order valence-electron chi connectivity index (χ3n) is 4.03. The smallest absolute Gasteiger partial charge is 0.0464 e. The number of benzene rings is 1. The molecule has 2 unspecified atom stereocenters. The van der Waals surface area contributed by atoms with E-state index in [4.69, 9.17) is 17.3 Å². The van der Waals surface area contributed by atoms with Crippen LogP contribution in [0.2, 0.25) is 5.02 Å². The first-order chi connectivity index (χ1) is 9.08. The summed E-state index contributed by atoms with van der Waals surface area (Å²) in [4.78, 5) is 2.55. The summed E-state index contributed by atoms with van der Waals surface area (Å²) in [5.74, 6) is 0.